The maximum Gasteiger partial charge on any atom is 0.261 e. The van der Waals surface area contributed by atoms with E-state index in [1.165, 1.54) is 26.0 Å². The molecule has 4 atom stereocenters. The van der Waals surface area contributed by atoms with Crippen LogP contribution >= 0.6 is 0 Å². The summed E-state index contributed by atoms with van der Waals surface area (Å²) >= 11 is 0. The van der Waals surface area contributed by atoms with E-state index in [0.717, 1.165) is 62.6 Å². The number of nitrogens with zero attached hydrogens (tertiary/aromatic N) is 5. The first-order valence-corrected chi connectivity index (χ1v) is 16.3. The number of anilines is 1. The van der Waals surface area contributed by atoms with E-state index in [9.17, 15) is 9.18 Å². The van der Waals surface area contributed by atoms with E-state index in [1.54, 1.807) is 23.0 Å². The number of methoxy groups -OCH3 is 1. The molecule has 4 aliphatic rings. The lowest BCUT2D eigenvalue weighted by molar-refractivity contribution is -0.108. The Balaban J connectivity index is 1.21. The van der Waals surface area contributed by atoms with Crippen LogP contribution in [0, 0.1) is 29.0 Å². The van der Waals surface area contributed by atoms with Gasteiger partial charge in [0.1, 0.15) is 11.6 Å². The molecule has 2 heterocycles. The van der Waals surface area contributed by atoms with Crippen molar-refractivity contribution in [2.45, 2.75) is 66.0 Å². The van der Waals surface area contributed by atoms with Gasteiger partial charge in [-0.25, -0.2) is 14.4 Å². The Bertz CT molecular complexity index is 1580. The number of aromatic nitrogens is 2. The number of rotatable bonds is 8. The number of nitrogens with one attached hydrogen (secondary N) is 1. The molecule has 1 aromatic heterocycles. The molecule has 3 saturated carbocycles. The second-order valence-electron chi connectivity index (χ2n) is 13.6. The summed E-state index contributed by atoms with van der Waals surface area (Å²) in [6.07, 6.45) is 5.59. The highest BCUT2D eigenvalue weighted by Gasteiger charge is 2.56. The fraction of sp³-hybridized carbons (Fsp3) is 0.571. The minimum atomic E-state index is -0.338. The zero-order valence-corrected chi connectivity index (χ0v) is 26.9. The molecule has 1 N–H and O–H groups in total. The van der Waals surface area contributed by atoms with Gasteiger partial charge in [0.05, 0.1) is 30.4 Å². The van der Waals surface area contributed by atoms with Gasteiger partial charge in [-0.1, -0.05) is 33.8 Å². The van der Waals surface area contributed by atoms with Crippen molar-refractivity contribution in [3.63, 3.8) is 0 Å². The molecule has 1 saturated heterocycles. The van der Waals surface area contributed by atoms with Gasteiger partial charge < -0.3 is 15.0 Å². The maximum absolute atomic E-state index is 14.4. The Hall–Kier alpha value is -3.46. The van der Waals surface area contributed by atoms with Gasteiger partial charge in [-0.2, -0.15) is 0 Å². The van der Waals surface area contributed by atoms with E-state index in [4.69, 9.17) is 9.73 Å². The Morgan fingerprint density at radius 2 is 1.91 bits per heavy atom. The highest BCUT2D eigenvalue weighted by Crippen LogP contribution is 2.61. The molecule has 1 aliphatic heterocycles. The SMILES string of the molecule is CCCN1CCN(C(=NC2CC3CC(C2C)C3(C)C)Nc2ccc3c(=O)n(CCc4ccc(OC)cc4F)cnc3c2)CC1. The number of piperazine rings is 1. The van der Waals surface area contributed by atoms with Crippen molar-refractivity contribution in [2.75, 3.05) is 45.2 Å². The fourth-order valence-electron chi connectivity index (χ4n) is 7.77. The van der Waals surface area contributed by atoms with Gasteiger partial charge in [0, 0.05) is 44.5 Å². The third-order valence-electron chi connectivity index (χ3n) is 10.8. The molecule has 3 aliphatic carbocycles. The maximum atomic E-state index is 14.4. The highest BCUT2D eigenvalue weighted by molar-refractivity contribution is 5.96. The lowest BCUT2D eigenvalue weighted by Gasteiger charge is -2.61. The fourth-order valence-corrected chi connectivity index (χ4v) is 7.77. The minimum Gasteiger partial charge on any atom is -0.497 e. The summed E-state index contributed by atoms with van der Waals surface area (Å²) in [4.78, 5) is 28.3. The molecular weight excluding hydrogens is 555 g/mol. The molecular formula is C35H47FN6O2. The summed E-state index contributed by atoms with van der Waals surface area (Å²) in [5, 5.41) is 4.20. The van der Waals surface area contributed by atoms with E-state index in [2.05, 4.69) is 47.8 Å². The zero-order chi connectivity index (χ0) is 31.0. The van der Waals surface area contributed by atoms with E-state index >= 15 is 0 Å². The number of guanidine groups is 1. The van der Waals surface area contributed by atoms with Crippen LogP contribution in [-0.2, 0) is 13.0 Å². The quantitative estimate of drug-likeness (QED) is 0.265. The standard InChI is InChI=1S/C35H47FN6O2/c1-6-12-40-14-16-41(17-15-40)34(39-31-19-25-18-29(23(31)2)35(25,3)4)38-26-8-10-28-32(20-26)37-22-42(33(28)43)13-11-24-7-9-27(44-5)21-30(24)36/h7-10,20-23,25,29,31H,6,11-19H2,1-5H3,(H,38,39). The number of hydrogen-bond acceptors (Lipinski definition) is 5. The Morgan fingerprint density at radius 1 is 1.11 bits per heavy atom. The van der Waals surface area contributed by atoms with Crippen LogP contribution in [0.25, 0.3) is 10.9 Å². The molecule has 0 spiro atoms. The molecule has 4 fully saturated rings. The molecule has 9 heteroatoms. The van der Waals surface area contributed by atoms with Crippen molar-refractivity contribution in [1.29, 1.82) is 0 Å². The van der Waals surface area contributed by atoms with E-state index in [-0.39, 0.29) is 11.4 Å². The van der Waals surface area contributed by atoms with Gasteiger partial charge in [0.25, 0.3) is 5.56 Å². The van der Waals surface area contributed by atoms with Crippen molar-refractivity contribution >= 4 is 22.5 Å². The third kappa shape index (κ3) is 5.95. The van der Waals surface area contributed by atoms with Crippen LogP contribution in [0.1, 0.15) is 52.5 Å². The first-order chi connectivity index (χ1) is 21.2. The molecule has 8 nitrogen and oxygen atoms in total. The Morgan fingerprint density at radius 3 is 2.59 bits per heavy atom. The normalized spacial score (nSPS) is 25.1. The van der Waals surface area contributed by atoms with Crippen LogP contribution in [0.2, 0.25) is 0 Å². The van der Waals surface area contributed by atoms with Crippen molar-refractivity contribution in [2.24, 2.45) is 28.2 Å². The summed E-state index contributed by atoms with van der Waals surface area (Å²) in [5.74, 6) is 3.09. The summed E-state index contributed by atoms with van der Waals surface area (Å²) in [5.41, 5.74) is 2.34. The van der Waals surface area contributed by atoms with Gasteiger partial charge in [-0.05, 0) is 85.2 Å². The second-order valence-corrected chi connectivity index (χ2v) is 13.6. The average Bonchev–Trinajstić information content (AvgIpc) is 3.02. The van der Waals surface area contributed by atoms with Crippen LogP contribution in [-0.4, -0.2) is 71.2 Å². The first kappa shape index (κ1) is 30.6. The molecule has 7 rings (SSSR count). The lowest BCUT2D eigenvalue weighted by Crippen LogP contribution is -2.57. The predicted molar refractivity (Wildman–Crippen MR) is 175 cm³/mol. The number of hydrogen-bond donors (Lipinski definition) is 1. The third-order valence-corrected chi connectivity index (χ3v) is 10.8. The molecule has 2 bridgehead atoms. The second kappa shape index (κ2) is 12.5. The van der Waals surface area contributed by atoms with Crippen LogP contribution in [0.15, 0.2) is 52.5 Å². The number of ether oxygens (including phenoxy) is 1. The highest BCUT2D eigenvalue weighted by atomic mass is 19.1. The van der Waals surface area contributed by atoms with Gasteiger partial charge in [0.2, 0.25) is 0 Å². The smallest absolute Gasteiger partial charge is 0.261 e. The minimum absolute atomic E-state index is 0.130. The molecule has 0 radical (unpaired) electrons. The van der Waals surface area contributed by atoms with Crippen molar-refractivity contribution in [3.05, 3.63) is 64.5 Å². The van der Waals surface area contributed by atoms with Crippen LogP contribution in [0.3, 0.4) is 0 Å². The van der Waals surface area contributed by atoms with E-state index in [1.807, 2.05) is 18.2 Å². The number of aliphatic imine (C=N–C) groups is 1. The summed E-state index contributed by atoms with van der Waals surface area (Å²) in [6.45, 7) is 14.9. The predicted octanol–water partition coefficient (Wildman–Crippen LogP) is 5.65. The number of fused-ring (bicyclic) bond motifs is 3. The molecule has 2 aromatic carbocycles. The average molecular weight is 603 g/mol. The van der Waals surface area contributed by atoms with Gasteiger partial charge >= 0.3 is 0 Å². The first-order valence-electron chi connectivity index (χ1n) is 16.3. The van der Waals surface area contributed by atoms with Gasteiger partial charge in [-0.3, -0.25) is 14.3 Å². The van der Waals surface area contributed by atoms with E-state index in [0.29, 0.717) is 52.6 Å². The summed E-state index contributed by atoms with van der Waals surface area (Å²) in [7, 11) is 1.51. The van der Waals surface area contributed by atoms with Crippen molar-refractivity contribution in [3.8, 4) is 5.75 Å². The molecule has 3 aromatic rings. The van der Waals surface area contributed by atoms with Crippen LogP contribution in [0.5, 0.6) is 5.75 Å². The molecule has 4 unspecified atom stereocenters. The summed E-state index contributed by atoms with van der Waals surface area (Å²) < 4.78 is 21.1. The number of benzene rings is 2. The monoisotopic (exact) mass is 602 g/mol. The van der Waals surface area contributed by atoms with Crippen LogP contribution < -0.4 is 15.6 Å². The molecule has 44 heavy (non-hydrogen) atoms. The zero-order valence-electron chi connectivity index (χ0n) is 26.9. The Labute approximate surface area is 260 Å². The van der Waals surface area contributed by atoms with Gasteiger partial charge in [-0.15, -0.1) is 0 Å². The topological polar surface area (TPSA) is 75.0 Å². The van der Waals surface area contributed by atoms with E-state index < -0.39 is 0 Å². The Kier molecular flexibility index (Phi) is 8.68. The van der Waals surface area contributed by atoms with Gasteiger partial charge in [0.15, 0.2) is 5.96 Å². The number of aryl methyl sites for hydroxylation is 2. The summed E-state index contributed by atoms with van der Waals surface area (Å²) in [6, 6.07) is 10.8. The largest absolute Gasteiger partial charge is 0.497 e. The van der Waals surface area contributed by atoms with Crippen molar-refractivity contribution < 1.29 is 9.13 Å². The molecule has 236 valence electrons. The van der Waals surface area contributed by atoms with Crippen molar-refractivity contribution in [1.82, 2.24) is 19.4 Å². The lowest BCUT2D eigenvalue weighted by atomic mass is 9.45. The number of halogens is 1. The molecule has 0 amide bonds. The van der Waals surface area contributed by atoms with Crippen LogP contribution in [0.4, 0.5) is 10.1 Å².